The third-order valence-corrected chi connectivity index (χ3v) is 3.46. The molecule has 0 aliphatic carbocycles. The minimum Gasteiger partial charge on any atom is -0.341 e. The van der Waals surface area contributed by atoms with Crippen LogP contribution in [-0.2, 0) is 9.59 Å². The molecule has 2 heterocycles. The first-order valence-electron chi connectivity index (χ1n) is 6.77. The molecule has 1 unspecified atom stereocenters. The van der Waals surface area contributed by atoms with Crippen molar-refractivity contribution in [1.29, 1.82) is 0 Å². The van der Waals surface area contributed by atoms with Crippen LogP contribution in [0.25, 0.3) is 0 Å². The van der Waals surface area contributed by atoms with Crippen LogP contribution in [0, 0.1) is 0 Å². The molecule has 6 heteroatoms. The zero-order chi connectivity index (χ0) is 14.9. The summed E-state index contributed by atoms with van der Waals surface area (Å²) in [7, 11) is 0. The number of nitrogens with one attached hydrogen (secondary N) is 1. The summed E-state index contributed by atoms with van der Waals surface area (Å²) in [4.78, 5) is 37.3. The monoisotopic (exact) mass is 277 g/mol. The number of carbonyl (C=O) groups excluding carboxylic acids is 3. The van der Waals surface area contributed by atoms with E-state index in [1.165, 1.54) is 4.90 Å². The molecule has 1 saturated heterocycles. The third-order valence-electron chi connectivity index (χ3n) is 3.46. The van der Waals surface area contributed by atoms with Gasteiger partial charge in [0.1, 0.15) is 18.3 Å². The normalized spacial score (nSPS) is 19.4. The minimum atomic E-state index is -0.587. The minimum absolute atomic E-state index is 0.0770. The van der Waals surface area contributed by atoms with Crippen molar-refractivity contribution in [2.75, 3.05) is 6.54 Å². The molecule has 3 amide bonds. The number of amides is 3. The molecule has 1 aliphatic rings. The van der Waals surface area contributed by atoms with Crippen LogP contribution in [0.3, 0.4) is 0 Å². The summed E-state index contributed by atoms with van der Waals surface area (Å²) in [5.41, 5.74) is 0.501. The average molecular weight is 277 g/mol. The van der Waals surface area contributed by atoms with Crippen molar-refractivity contribution >= 4 is 17.7 Å². The summed E-state index contributed by atoms with van der Waals surface area (Å²) in [5.74, 6) is -1.12. The maximum Gasteiger partial charge on any atom is 0.271 e. The summed E-state index contributed by atoms with van der Waals surface area (Å²) < 4.78 is 1.84. The Morgan fingerprint density at radius 1 is 1.45 bits per heavy atom. The second-order valence-corrected chi connectivity index (χ2v) is 5.16. The van der Waals surface area contributed by atoms with Crippen molar-refractivity contribution in [2.24, 2.45) is 0 Å². The Kier molecular flexibility index (Phi) is 3.92. The number of rotatable bonds is 3. The first kappa shape index (κ1) is 14.3. The zero-order valence-corrected chi connectivity index (χ0v) is 11.9. The SMILES string of the molecule is CCC1C(=O)NC(=O)CN1C(=O)c1cccn1C(C)C. The van der Waals surface area contributed by atoms with Gasteiger partial charge in [-0.15, -0.1) is 0 Å². The highest BCUT2D eigenvalue weighted by Gasteiger charge is 2.36. The molecule has 1 aliphatic heterocycles. The van der Waals surface area contributed by atoms with Crippen molar-refractivity contribution in [3.05, 3.63) is 24.0 Å². The predicted molar refractivity (Wildman–Crippen MR) is 73.1 cm³/mol. The first-order valence-corrected chi connectivity index (χ1v) is 6.77. The molecule has 0 saturated carbocycles. The lowest BCUT2D eigenvalue weighted by Crippen LogP contribution is -2.59. The first-order chi connectivity index (χ1) is 9.45. The van der Waals surface area contributed by atoms with Gasteiger partial charge >= 0.3 is 0 Å². The van der Waals surface area contributed by atoms with Gasteiger partial charge in [0.05, 0.1) is 0 Å². The highest BCUT2D eigenvalue weighted by atomic mass is 16.2. The molecule has 1 atom stereocenters. The molecule has 20 heavy (non-hydrogen) atoms. The van der Waals surface area contributed by atoms with Crippen molar-refractivity contribution in [3.8, 4) is 0 Å². The molecular formula is C14H19N3O3. The fourth-order valence-electron chi connectivity index (χ4n) is 2.46. The molecule has 0 aromatic carbocycles. The van der Waals surface area contributed by atoms with Gasteiger partial charge in [-0.1, -0.05) is 6.92 Å². The van der Waals surface area contributed by atoms with Crippen LogP contribution in [0.5, 0.6) is 0 Å². The number of hydrogen-bond acceptors (Lipinski definition) is 3. The van der Waals surface area contributed by atoms with Gasteiger partial charge in [-0.2, -0.15) is 0 Å². The van der Waals surface area contributed by atoms with Crippen LogP contribution in [0.1, 0.15) is 43.7 Å². The van der Waals surface area contributed by atoms with Crippen LogP contribution >= 0.6 is 0 Å². The van der Waals surface area contributed by atoms with Crippen LogP contribution in [0.15, 0.2) is 18.3 Å². The highest BCUT2D eigenvalue weighted by Crippen LogP contribution is 2.17. The molecule has 108 valence electrons. The van der Waals surface area contributed by atoms with E-state index in [1.807, 2.05) is 31.5 Å². The summed E-state index contributed by atoms with van der Waals surface area (Å²) in [6.45, 7) is 5.69. The van der Waals surface area contributed by atoms with E-state index in [1.54, 1.807) is 12.1 Å². The van der Waals surface area contributed by atoms with Crippen LogP contribution in [0.2, 0.25) is 0 Å². The van der Waals surface area contributed by atoms with E-state index in [0.717, 1.165) is 0 Å². The van der Waals surface area contributed by atoms with Crippen LogP contribution < -0.4 is 5.32 Å². The fraction of sp³-hybridized carbons (Fsp3) is 0.500. The van der Waals surface area contributed by atoms with Crippen LogP contribution in [-0.4, -0.2) is 39.8 Å². The standard InChI is InChI=1S/C14H19N3O3/c1-4-10-13(19)15-12(18)8-17(10)14(20)11-6-5-7-16(11)9(2)3/h5-7,9-10H,4,8H2,1-3H3,(H,15,18,19). The van der Waals surface area contributed by atoms with Gasteiger partial charge in [-0.25, -0.2) is 0 Å². The van der Waals surface area contributed by atoms with Crippen molar-refractivity contribution in [3.63, 3.8) is 0 Å². The molecule has 1 N–H and O–H groups in total. The van der Waals surface area contributed by atoms with E-state index in [9.17, 15) is 14.4 Å². The Morgan fingerprint density at radius 3 is 2.75 bits per heavy atom. The maximum absolute atomic E-state index is 12.6. The molecular weight excluding hydrogens is 258 g/mol. The zero-order valence-electron chi connectivity index (χ0n) is 11.9. The van der Waals surface area contributed by atoms with E-state index >= 15 is 0 Å². The molecule has 6 nitrogen and oxygen atoms in total. The Hall–Kier alpha value is -2.11. The largest absolute Gasteiger partial charge is 0.341 e. The van der Waals surface area contributed by atoms with Crippen molar-refractivity contribution in [2.45, 2.75) is 39.3 Å². The number of piperazine rings is 1. The average Bonchev–Trinajstić information content (AvgIpc) is 2.86. The number of aromatic nitrogens is 1. The number of nitrogens with zero attached hydrogens (tertiary/aromatic N) is 2. The molecule has 0 radical (unpaired) electrons. The second-order valence-electron chi connectivity index (χ2n) is 5.16. The number of hydrogen-bond donors (Lipinski definition) is 1. The number of imide groups is 1. The lowest BCUT2D eigenvalue weighted by molar-refractivity contribution is -0.138. The second kappa shape index (κ2) is 5.48. The molecule has 1 aromatic rings. The van der Waals surface area contributed by atoms with E-state index in [0.29, 0.717) is 12.1 Å². The smallest absolute Gasteiger partial charge is 0.271 e. The molecule has 0 bridgehead atoms. The topological polar surface area (TPSA) is 71.4 Å². The summed E-state index contributed by atoms with van der Waals surface area (Å²) in [6, 6.07) is 3.06. The molecule has 0 spiro atoms. The van der Waals surface area contributed by atoms with Gasteiger partial charge in [0.15, 0.2) is 0 Å². The summed E-state index contributed by atoms with van der Waals surface area (Å²) in [5, 5.41) is 2.27. The highest BCUT2D eigenvalue weighted by molar-refractivity contribution is 6.06. The summed E-state index contributed by atoms with van der Waals surface area (Å²) in [6.07, 6.45) is 2.30. The third kappa shape index (κ3) is 2.45. The predicted octanol–water partition coefficient (Wildman–Crippen LogP) is 0.946. The van der Waals surface area contributed by atoms with E-state index < -0.39 is 17.9 Å². The molecule has 1 aromatic heterocycles. The van der Waals surface area contributed by atoms with Gasteiger partial charge in [-0.3, -0.25) is 19.7 Å². The van der Waals surface area contributed by atoms with E-state index in [2.05, 4.69) is 5.32 Å². The van der Waals surface area contributed by atoms with Crippen molar-refractivity contribution in [1.82, 2.24) is 14.8 Å². The lowest BCUT2D eigenvalue weighted by atomic mass is 10.1. The van der Waals surface area contributed by atoms with Gasteiger partial charge in [0.2, 0.25) is 11.8 Å². The van der Waals surface area contributed by atoms with Crippen LogP contribution in [0.4, 0.5) is 0 Å². The Bertz CT molecular complexity index is 548. The Labute approximate surface area is 117 Å². The van der Waals surface area contributed by atoms with Gasteiger partial charge in [0.25, 0.3) is 5.91 Å². The van der Waals surface area contributed by atoms with Gasteiger partial charge in [-0.05, 0) is 32.4 Å². The van der Waals surface area contributed by atoms with Gasteiger partial charge in [0, 0.05) is 12.2 Å². The van der Waals surface area contributed by atoms with Gasteiger partial charge < -0.3 is 9.47 Å². The summed E-state index contributed by atoms with van der Waals surface area (Å²) >= 11 is 0. The Morgan fingerprint density at radius 2 is 2.15 bits per heavy atom. The maximum atomic E-state index is 12.6. The Balaban J connectivity index is 2.32. The fourth-order valence-corrected chi connectivity index (χ4v) is 2.46. The van der Waals surface area contributed by atoms with E-state index in [4.69, 9.17) is 0 Å². The van der Waals surface area contributed by atoms with E-state index in [-0.39, 0.29) is 18.5 Å². The molecule has 1 fully saturated rings. The lowest BCUT2D eigenvalue weighted by Gasteiger charge is -2.33. The van der Waals surface area contributed by atoms with Crippen molar-refractivity contribution < 1.29 is 14.4 Å². The number of carbonyl (C=O) groups is 3. The molecule has 2 rings (SSSR count). The quantitative estimate of drug-likeness (QED) is 0.836.